The molecule has 1 saturated carbocycles. The Labute approximate surface area is 155 Å². The van der Waals surface area contributed by atoms with Crippen LogP contribution in [0.4, 0.5) is 0 Å². The third-order valence-electron chi connectivity index (χ3n) is 6.09. The number of likely N-dealkylation sites (tertiary alicyclic amines) is 1. The van der Waals surface area contributed by atoms with Crippen molar-refractivity contribution in [2.75, 3.05) is 26.2 Å². The highest BCUT2D eigenvalue weighted by atomic mass is 16.5. The van der Waals surface area contributed by atoms with Crippen molar-refractivity contribution in [3.63, 3.8) is 0 Å². The number of carbonyl (C=O) groups excluding carboxylic acids is 1. The lowest BCUT2D eigenvalue weighted by Crippen LogP contribution is -2.41. The van der Waals surface area contributed by atoms with Crippen LogP contribution in [0.15, 0.2) is 18.2 Å². The van der Waals surface area contributed by atoms with Gasteiger partial charge < -0.3 is 20.1 Å². The Bertz CT molecular complexity index is 636. The predicted octanol–water partition coefficient (Wildman–Crippen LogP) is 2.43. The fourth-order valence-electron chi connectivity index (χ4n) is 4.49. The first-order valence-electron chi connectivity index (χ1n) is 10.1. The molecular weight excluding hydrogens is 328 g/mol. The van der Waals surface area contributed by atoms with E-state index in [1.165, 1.54) is 31.5 Å². The molecule has 1 aromatic carbocycles. The SMILES string of the molecule is O=C(CCCN1CCCC1)N[C@H](c1ccc2c(c1)CCO2)C1CC(O)C1. The minimum Gasteiger partial charge on any atom is -0.493 e. The molecule has 2 fully saturated rings. The molecule has 2 N–H and O–H groups in total. The average Bonchev–Trinajstić information content (AvgIpc) is 3.28. The molecular formula is C21H30N2O3. The fourth-order valence-corrected chi connectivity index (χ4v) is 4.49. The third-order valence-corrected chi connectivity index (χ3v) is 6.09. The minimum absolute atomic E-state index is 0.00332. The number of hydrogen-bond acceptors (Lipinski definition) is 4. The van der Waals surface area contributed by atoms with Gasteiger partial charge in [0, 0.05) is 12.8 Å². The zero-order valence-corrected chi connectivity index (χ0v) is 15.5. The van der Waals surface area contributed by atoms with Crippen molar-refractivity contribution in [1.29, 1.82) is 0 Å². The molecule has 4 rings (SSSR count). The van der Waals surface area contributed by atoms with Gasteiger partial charge in [-0.1, -0.05) is 6.07 Å². The van der Waals surface area contributed by atoms with Gasteiger partial charge in [0.1, 0.15) is 5.75 Å². The van der Waals surface area contributed by atoms with E-state index >= 15 is 0 Å². The molecule has 5 heteroatoms. The van der Waals surface area contributed by atoms with Crippen LogP contribution in [-0.2, 0) is 11.2 Å². The number of hydrogen-bond donors (Lipinski definition) is 2. The van der Waals surface area contributed by atoms with Gasteiger partial charge in [0.15, 0.2) is 0 Å². The van der Waals surface area contributed by atoms with Gasteiger partial charge in [-0.2, -0.15) is 0 Å². The Morgan fingerprint density at radius 1 is 1.31 bits per heavy atom. The zero-order valence-electron chi connectivity index (χ0n) is 15.5. The summed E-state index contributed by atoms with van der Waals surface area (Å²) < 4.78 is 5.60. The maximum atomic E-state index is 12.5. The Morgan fingerprint density at radius 3 is 2.88 bits per heavy atom. The summed E-state index contributed by atoms with van der Waals surface area (Å²) in [6.45, 7) is 4.13. The van der Waals surface area contributed by atoms with Gasteiger partial charge in [-0.3, -0.25) is 4.79 Å². The number of rotatable bonds is 7. The monoisotopic (exact) mass is 358 g/mol. The van der Waals surface area contributed by atoms with Crippen LogP contribution in [0.3, 0.4) is 0 Å². The molecule has 5 nitrogen and oxygen atoms in total. The summed E-state index contributed by atoms with van der Waals surface area (Å²) in [5.41, 5.74) is 2.38. The molecule has 2 heterocycles. The van der Waals surface area contributed by atoms with Crippen LogP contribution in [-0.4, -0.2) is 48.3 Å². The molecule has 1 saturated heterocycles. The highest BCUT2D eigenvalue weighted by Gasteiger charge is 2.36. The number of benzene rings is 1. The largest absolute Gasteiger partial charge is 0.493 e. The van der Waals surface area contributed by atoms with Crippen LogP contribution >= 0.6 is 0 Å². The molecule has 1 aromatic rings. The van der Waals surface area contributed by atoms with Crippen molar-refractivity contribution in [3.05, 3.63) is 29.3 Å². The molecule has 0 spiro atoms. The second kappa shape index (κ2) is 7.97. The van der Waals surface area contributed by atoms with Crippen molar-refractivity contribution in [2.24, 2.45) is 5.92 Å². The van der Waals surface area contributed by atoms with E-state index in [-0.39, 0.29) is 18.1 Å². The fraction of sp³-hybridized carbons (Fsp3) is 0.667. The maximum absolute atomic E-state index is 12.5. The lowest BCUT2D eigenvalue weighted by atomic mass is 9.74. The summed E-state index contributed by atoms with van der Waals surface area (Å²) >= 11 is 0. The molecule has 0 radical (unpaired) electrons. The molecule has 0 bridgehead atoms. The van der Waals surface area contributed by atoms with E-state index in [0.29, 0.717) is 12.3 Å². The summed E-state index contributed by atoms with van der Waals surface area (Å²) in [6.07, 6.45) is 6.35. The van der Waals surface area contributed by atoms with E-state index < -0.39 is 0 Å². The van der Waals surface area contributed by atoms with E-state index in [1.54, 1.807) is 0 Å². The summed E-state index contributed by atoms with van der Waals surface area (Å²) in [5, 5.41) is 13.0. The van der Waals surface area contributed by atoms with Gasteiger partial charge >= 0.3 is 0 Å². The predicted molar refractivity (Wildman–Crippen MR) is 100 cm³/mol. The molecule has 1 atom stereocenters. The van der Waals surface area contributed by atoms with Gasteiger partial charge in [-0.05, 0) is 80.9 Å². The Morgan fingerprint density at radius 2 is 2.12 bits per heavy atom. The van der Waals surface area contributed by atoms with Crippen LogP contribution in [0.25, 0.3) is 0 Å². The lowest BCUT2D eigenvalue weighted by molar-refractivity contribution is -0.123. The number of aliphatic hydroxyl groups excluding tert-OH is 1. The second-order valence-electron chi connectivity index (χ2n) is 8.05. The van der Waals surface area contributed by atoms with E-state index in [0.717, 1.165) is 50.1 Å². The van der Waals surface area contributed by atoms with Crippen molar-refractivity contribution < 1.29 is 14.6 Å². The van der Waals surface area contributed by atoms with Crippen LogP contribution in [0, 0.1) is 5.92 Å². The third kappa shape index (κ3) is 4.04. The molecule has 142 valence electrons. The maximum Gasteiger partial charge on any atom is 0.220 e. The average molecular weight is 358 g/mol. The smallest absolute Gasteiger partial charge is 0.220 e. The Hall–Kier alpha value is -1.59. The van der Waals surface area contributed by atoms with E-state index in [9.17, 15) is 9.90 Å². The van der Waals surface area contributed by atoms with E-state index in [2.05, 4.69) is 22.3 Å². The van der Waals surface area contributed by atoms with Crippen LogP contribution < -0.4 is 10.1 Å². The number of nitrogens with one attached hydrogen (secondary N) is 1. The number of carbonyl (C=O) groups is 1. The minimum atomic E-state index is -0.215. The normalized spacial score (nSPS) is 26.0. The molecule has 0 aromatic heterocycles. The van der Waals surface area contributed by atoms with Crippen molar-refractivity contribution in [3.8, 4) is 5.75 Å². The lowest BCUT2D eigenvalue weighted by Gasteiger charge is -2.38. The zero-order chi connectivity index (χ0) is 17.9. The quantitative estimate of drug-likeness (QED) is 0.786. The number of ether oxygens (including phenoxy) is 1. The molecule has 0 unspecified atom stereocenters. The number of aliphatic hydroxyl groups is 1. The molecule has 2 aliphatic heterocycles. The topological polar surface area (TPSA) is 61.8 Å². The van der Waals surface area contributed by atoms with Gasteiger partial charge in [0.05, 0.1) is 18.8 Å². The van der Waals surface area contributed by atoms with E-state index in [1.807, 2.05) is 6.07 Å². The van der Waals surface area contributed by atoms with Gasteiger partial charge in [-0.25, -0.2) is 0 Å². The van der Waals surface area contributed by atoms with Crippen molar-refractivity contribution >= 4 is 5.91 Å². The van der Waals surface area contributed by atoms with Gasteiger partial charge in [-0.15, -0.1) is 0 Å². The first-order valence-corrected chi connectivity index (χ1v) is 10.1. The standard InChI is InChI=1S/C21H30N2O3/c24-18-13-17(14-18)21(16-5-6-19-15(12-16)7-11-26-19)22-20(25)4-3-10-23-8-1-2-9-23/h5-6,12,17-18,21,24H,1-4,7-11,13-14H2,(H,22,25)/t17?,18?,21-/m1/s1. The molecule has 1 aliphatic carbocycles. The molecule has 3 aliphatic rings. The second-order valence-corrected chi connectivity index (χ2v) is 8.05. The van der Waals surface area contributed by atoms with Crippen LogP contribution in [0.1, 0.15) is 55.7 Å². The van der Waals surface area contributed by atoms with Crippen molar-refractivity contribution in [2.45, 2.75) is 57.1 Å². The first kappa shape index (κ1) is 17.8. The summed E-state index contributed by atoms with van der Waals surface area (Å²) in [5.74, 6) is 1.43. The summed E-state index contributed by atoms with van der Waals surface area (Å²) in [4.78, 5) is 15.0. The highest BCUT2D eigenvalue weighted by Crippen LogP contribution is 2.39. The first-order chi connectivity index (χ1) is 12.7. The Kier molecular flexibility index (Phi) is 5.46. The summed E-state index contributed by atoms with van der Waals surface area (Å²) in [6, 6.07) is 6.29. The summed E-state index contributed by atoms with van der Waals surface area (Å²) in [7, 11) is 0. The molecule has 26 heavy (non-hydrogen) atoms. The number of nitrogens with zero attached hydrogens (tertiary/aromatic N) is 1. The van der Waals surface area contributed by atoms with E-state index in [4.69, 9.17) is 4.74 Å². The van der Waals surface area contributed by atoms with Crippen LogP contribution in [0.5, 0.6) is 5.75 Å². The Balaban J connectivity index is 1.36. The van der Waals surface area contributed by atoms with Crippen molar-refractivity contribution in [1.82, 2.24) is 10.2 Å². The highest BCUT2D eigenvalue weighted by molar-refractivity contribution is 5.76. The van der Waals surface area contributed by atoms with Gasteiger partial charge in [0.2, 0.25) is 5.91 Å². The van der Waals surface area contributed by atoms with Crippen LogP contribution in [0.2, 0.25) is 0 Å². The van der Waals surface area contributed by atoms with Gasteiger partial charge in [0.25, 0.3) is 0 Å². The molecule has 1 amide bonds. The number of amides is 1. The number of fused-ring (bicyclic) bond motifs is 1.